The molecule has 0 saturated carbocycles. The van der Waals surface area contributed by atoms with Crippen molar-refractivity contribution >= 4 is 29.4 Å². The Labute approximate surface area is 126 Å². The highest BCUT2D eigenvalue weighted by Crippen LogP contribution is 2.23. The Bertz CT molecular complexity index is 553. The average molecular weight is 310 g/mol. The van der Waals surface area contributed by atoms with Crippen LogP contribution in [0.5, 0.6) is 0 Å². The van der Waals surface area contributed by atoms with Crippen molar-refractivity contribution in [2.45, 2.75) is 20.0 Å². The second-order valence-electron chi connectivity index (χ2n) is 4.29. The minimum absolute atomic E-state index is 0.0906. The topological polar surface area (TPSA) is 171 Å². The van der Waals surface area contributed by atoms with Gasteiger partial charge in [0.05, 0.1) is 11.4 Å². The van der Waals surface area contributed by atoms with Crippen LogP contribution in [0.2, 0.25) is 0 Å². The summed E-state index contributed by atoms with van der Waals surface area (Å²) in [5.41, 5.74) is 10.9. The number of carbonyl (C=O) groups excluding carboxylic acids is 3. The second-order valence-corrected chi connectivity index (χ2v) is 4.29. The molecule has 0 heterocycles. The molecule has 0 atom stereocenters. The summed E-state index contributed by atoms with van der Waals surface area (Å²) in [5.74, 6) is 10.6. The van der Waals surface area contributed by atoms with Gasteiger partial charge in [0.15, 0.2) is 0 Å². The molecule has 1 rings (SSSR count). The number of primary amides is 2. The third kappa shape index (κ3) is 4.33. The molecule has 0 unspecified atom stereocenters. The summed E-state index contributed by atoms with van der Waals surface area (Å²) < 4.78 is 4.98. The fourth-order valence-corrected chi connectivity index (χ4v) is 1.54. The molecular formula is C12H18N6O4. The number of hydrogen-bond acceptors (Lipinski definition) is 6. The number of urea groups is 2. The minimum atomic E-state index is -0.920. The molecule has 0 fully saturated rings. The zero-order valence-corrected chi connectivity index (χ0v) is 12.0. The summed E-state index contributed by atoms with van der Waals surface area (Å²) in [6, 6.07) is 2.42. The lowest BCUT2D eigenvalue weighted by molar-refractivity contribution is -0.144. The van der Waals surface area contributed by atoms with E-state index in [1.54, 1.807) is 6.92 Å². The molecule has 10 heteroatoms. The number of ether oxygens (including phenoxy) is 1. The van der Waals surface area contributed by atoms with Gasteiger partial charge in [-0.2, -0.15) is 0 Å². The smallest absolute Gasteiger partial charge is 0.333 e. The summed E-state index contributed by atoms with van der Waals surface area (Å²) >= 11 is 0. The number of nitrogens with zero attached hydrogens (tertiary/aromatic N) is 2. The standard InChI is InChI=1S/C12H18N6O4/c1-2-10(19)22-6-7-3-8(17(15)11(13)20)5-9(4-7)18(16)12(14)21/h3-5H,2,6,15-16H2,1H3,(H2,13,20)(H2,14,21). The molecule has 0 spiro atoms. The van der Waals surface area contributed by atoms with Gasteiger partial charge in [-0.05, 0) is 23.8 Å². The van der Waals surface area contributed by atoms with Gasteiger partial charge in [-0.1, -0.05) is 6.92 Å². The lowest BCUT2D eigenvalue weighted by Crippen LogP contribution is -2.43. The van der Waals surface area contributed by atoms with Crippen LogP contribution in [0.3, 0.4) is 0 Å². The van der Waals surface area contributed by atoms with Crippen LogP contribution in [0.25, 0.3) is 0 Å². The maximum atomic E-state index is 11.2. The molecule has 0 aliphatic heterocycles. The van der Waals surface area contributed by atoms with Gasteiger partial charge in [0.1, 0.15) is 6.61 Å². The maximum Gasteiger partial charge on any atom is 0.333 e. The molecule has 0 aliphatic carbocycles. The predicted molar refractivity (Wildman–Crippen MR) is 79.0 cm³/mol. The van der Waals surface area contributed by atoms with Gasteiger partial charge in [-0.15, -0.1) is 0 Å². The fourth-order valence-electron chi connectivity index (χ4n) is 1.54. The number of anilines is 2. The summed E-state index contributed by atoms with van der Waals surface area (Å²) in [7, 11) is 0. The van der Waals surface area contributed by atoms with Crippen LogP contribution in [0, 0.1) is 0 Å². The van der Waals surface area contributed by atoms with Gasteiger partial charge in [0, 0.05) is 6.42 Å². The molecule has 120 valence electrons. The van der Waals surface area contributed by atoms with Crippen molar-refractivity contribution in [3.05, 3.63) is 23.8 Å². The van der Waals surface area contributed by atoms with E-state index in [1.807, 2.05) is 0 Å². The molecule has 0 bridgehead atoms. The van der Waals surface area contributed by atoms with E-state index in [-0.39, 0.29) is 24.4 Å². The van der Waals surface area contributed by atoms with Crippen LogP contribution in [0.15, 0.2) is 18.2 Å². The normalized spacial score (nSPS) is 9.95. The third-order valence-corrected chi connectivity index (χ3v) is 2.68. The molecule has 1 aromatic rings. The Hall–Kier alpha value is -2.85. The third-order valence-electron chi connectivity index (χ3n) is 2.68. The Morgan fingerprint density at radius 1 is 1.00 bits per heavy atom. The van der Waals surface area contributed by atoms with Gasteiger partial charge in [0.25, 0.3) is 0 Å². The van der Waals surface area contributed by atoms with Gasteiger partial charge in [-0.3, -0.25) is 4.79 Å². The Balaban J connectivity index is 3.17. The van der Waals surface area contributed by atoms with Crippen LogP contribution in [-0.2, 0) is 16.1 Å². The molecular weight excluding hydrogens is 292 g/mol. The number of rotatable bonds is 5. The van der Waals surface area contributed by atoms with Crippen molar-refractivity contribution in [1.82, 2.24) is 0 Å². The van der Waals surface area contributed by atoms with E-state index in [2.05, 4.69) is 0 Å². The first-order valence-corrected chi connectivity index (χ1v) is 6.24. The first-order chi connectivity index (χ1) is 10.3. The number of hydrazine groups is 2. The van der Waals surface area contributed by atoms with E-state index in [1.165, 1.54) is 18.2 Å². The molecule has 8 N–H and O–H groups in total. The van der Waals surface area contributed by atoms with E-state index < -0.39 is 18.0 Å². The lowest BCUT2D eigenvalue weighted by Gasteiger charge is -2.20. The van der Waals surface area contributed by atoms with Crippen molar-refractivity contribution in [1.29, 1.82) is 0 Å². The van der Waals surface area contributed by atoms with Crippen LogP contribution >= 0.6 is 0 Å². The molecule has 1 aromatic carbocycles. The molecule has 10 nitrogen and oxygen atoms in total. The van der Waals surface area contributed by atoms with Crippen molar-refractivity contribution < 1.29 is 19.1 Å². The summed E-state index contributed by atoms with van der Waals surface area (Å²) in [6.07, 6.45) is 0.209. The first-order valence-electron chi connectivity index (χ1n) is 6.24. The number of hydrogen-bond donors (Lipinski definition) is 4. The number of carbonyl (C=O) groups is 3. The maximum absolute atomic E-state index is 11.2. The minimum Gasteiger partial charge on any atom is -0.461 e. The molecule has 4 amide bonds. The molecule has 0 saturated heterocycles. The van der Waals surface area contributed by atoms with Crippen molar-refractivity contribution in [2.24, 2.45) is 23.2 Å². The van der Waals surface area contributed by atoms with E-state index in [9.17, 15) is 14.4 Å². The number of amides is 4. The van der Waals surface area contributed by atoms with Gasteiger partial charge < -0.3 is 16.2 Å². The van der Waals surface area contributed by atoms with Gasteiger partial charge >= 0.3 is 18.0 Å². The molecule has 22 heavy (non-hydrogen) atoms. The van der Waals surface area contributed by atoms with Gasteiger partial charge in [-0.25, -0.2) is 31.3 Å². The molecule has 0 aromatic heterocycles. The summed E-state index contributed by atoms with van der Waals surface area (Å²) in [6.45, 7) is 1.56. The van der Waals surface area contributed by atoms with Crippen LogP contribution < -0.4 is 33.2 Å². The van der Waals surface area contributed by atoms with Gasteiger partial charge in [0.2, 0.25) is 0 Å². The second kappa shape index (κ2) is 7.24. The fraction of sp³-hybridized carbons (Fsp3) is 0.250. The van der Waals surface area contributed by atoms with E-state index in [0.29, 0.717) is 15.6 Å². The molecule has 0 radical (unpaired) electrons. The SMILES string of the molecule is CCC(=O)OCc1cc(N(N)C(N)=O)cc(N(N)C(N)=O)c1. The van der Waals surface area contributed by atoms with E-state index in [0.717, 1.165) is 0 Å². The Morgan fingerprint density at radius 2 is 1.45 bits per heavy atom. The largest absolute Gasteiger partial charge is 0.461 e. The number of benzene rings is 1. The quantitative estimate of drug-likeness (QED) is 0.250. The predicted octanol–water partition coefficient (Wildman–Crippen LogP) is -0.343. The highest BCUT2D eigenvalue weighted by molar-refractivity contribution is 5.93. The zero-order chi connectivity index (χ0) is 16.9. The van der Waals surface area contributed by atoms with E-state index >= 15 is 0 Å². The van der Waals surface area contributed by atoms with Crippen LogP contribution in [0.1, 0.15) is 18.9 Å². The highest BCUT2D eigenvalue weighted by atomic mass is 16.5. The molecule has 0 aliphatic rings. The summed E-state index contributed by atoms with van der Waals surface area (Å²) in [4.78, 5) is 33.5. The number of nitrogens with two attached hydrogens (primary N) is 4. The average Bonchev–Trinajstić information content (AvgIpc) is 2.50. The van der Waals surface area contributed by atoms with Crippen molar-refractivity contribution in [3.63, 3.8) is 0 Å². The zero-order valence-electron chi connectivity index (χ0n) is 12.0. The summed E-state index contributed by atoms with van der Waals surface area (Å²) in [5, 5.41) is 1.31. The van der Waals surface area contributed by atoms with Crippen molar-refractivity contribution in [2.75, 3.05) is 10.0 Å². The first kappa shape index (κ1) is 17.2. The Kier molecular flexibility index (Phi) is 5.66. The lowest BCUT2D eigenvalue weighted by atomic mass is 10.1. The van der Waals surface area contributed by atoms with Crippen molar-refractivity contribution in [3.8, 4) is 0 Å². The Morgan fingerprint density at radius 3 is 1.82 bits per heavy atom. The number of esters is 1. The monoisotopic (exact) mass is 310 g/mol. The van der Waals surface area contributed by atoms with Crippen LogP contribution in [0.4, 0.5) is 21.0 Å². The van der Waals surface area contributed by atoms with Crippen LogP contribution in [-0.4, -0.2) is 18.0 Å². The van der Waals surface area contributed by atoms with E-state index in [4.69, 9.17) is 27.9 Å². The highest BCUT2D eigenvalue weighted by Gasteiger charge is 2.15.